The number of aromatic amines is 1. The van der Waals surface area contributed by atoms with Crippen LogP contribution in [0.5, 0.6) is 0 Å². The maximum absolute atomic E-state index is 11.6. The number of nitrogens with zero attached hydrogens (tertiary/aromatic N) is 1. The minimum absolute atomic E-state index is 0.0400. The van der Waals surface area contributed by atoms with Crippen LogP contribution in [0.1, 0.15) is 28.9 Å². The van der Waals surface area contributed by atoms with Gasteiger partial charge in [-0.25, -0.2) is 4.79 Å². The number of hydrogen-bond acceptors (Lipinski definition) is 2. The summed E-state index contributed by atoms with van der Waals surface area (Å²) in [6, 6.07) is 6.59. The SMILES string of the molecule is C[C@@H](Cn1ccccc1=O)c1cc(C(=O)O)c[nH]1. The lowest BCUT2D eigenvalue weighted by Gasteiger charge is -2.11. The normalized spacial score (nSPS) is 12.3. The van der Waals surface area contributed by atoms with Crippen LogP contribution in [0.4, 0.5) is 0 Å². The number of aromatic nitrogens is 2. The molecule has 2 N–H and O–H groups in total. The van der Waals surface area contributed by atoms with E-state index in [-0.39, 0.29) is 17.0 Å². The Morgan fingerprint density at radius 3 is 2.89 bits per heavy atom. The van der Waals surface area contributed by atoms with E-state index >= 15 is 0 Å². The number of H-pyrrole nitrogens is 1. The first-order valence-corrected chi connectivity index (χ1v) is 5.65. The van der Waals surface area contributed by atoms with Gasteiger partial charge in [-0.05, 0) is 12.1 Å². The van der Waals surface area contributed by atoms with E-state index in [1.807, 2.05) is 6.92 Å². The molecule has 0 saturated heterocycles. The van der Waals surface area contributed by atoms with Crippen molar-refractivity contribution in [2.75, 3.05) is 0 Å². The fourth-order valence-corrected chi connectivity index (χ4v) is 1.82. The fraction of sp³-hybridized carbons (Fsp3) is 0.231. The van der Waals surface area contributed by atoms with Crippen molar-refractivity contribution < 1.29 is 9.90 Å². The molecule has 0 unspecified atom stereocenters. The summed E-state index contributed by atoms with van der Waals surface area (Å²) < 4.78 is 1.60. The van der Waals surface area contributed by atoms with Gasteiger partial charge in [0, 0.05) is 36.6 Å². The molecule has 0 aliphatic heterocycles. The van der Waals surface area contributed by atoms with E-state index in [2.05, 4.69) is 4.98 Å². The minimum Gasteiger partial charge on any atom is -0.478 e. The number of aromatic carboxylic acids is 1. The van der Waals surface area contributed by atoms with Crippen LogP contribution in [0.3, 0.4) is 0 Å². The molecule has 0 fully saturated rings. The Kier molecular flexibility index (Phi) is 3.32. The number of hydrogen-bond donors (Lipinski definition) is 2. The van der Waals surface area contributed by atoms with Crippen molar-refractivity contribution in [2.45, 2.75) is 19.4 Å². The van der Waals surface area contributed by atoms with Gasteiger partial charge in [0.05, 0.1) is 5.56 Å². The quantitative estimate of drug-likeness (QED) is 0.861. The smallest absolute Gasteiger partial charge is 0.337 e. The average Bonchev–Trinajstić information content (AvgIpc) is 2.81. The van der Waals surface area contributed by atoms with Crippen molar-refractivity contribution in [3.63, 3.8) is 0 Å². The molecule has 0 aromatic carbocycles. The van der Waals surface area contributed by atoms with E-state index in [1.54, 1.807) is 29.0 Å². The lowest BCUT2D eigenvalue weighted by atomic mass is 10.1. The Balaban J connectivity index is 2.17. The maximum Gasteiger partial charge on any atom is 0.337 e. The standard InChI is InChI=1S/C13H14N2O3/c1-9(8-15-5-3-2-4-12(15)16)11-6-10(7-14-11)13(17)18/h2-7,9,14H,8H2,1H3,(H,17,18)/t9-/m0/s1. The lowest BCUT2D eigenvalue weighted by molar-refractivity contribution is 0.0697. The molecule has 2 aromatic rings. The molecule has 0 saturated carbocycles. The number of pyridine rings is 1. The highest BCUT2D eigenvalue weighted by Gasteiger charge is 2.12. The summed E-state index contributed by atoms with van der Waals surface area (Å²) >= 11 is 0. The molecule has 0 bridgehead atoms. The summed E-state index contributed by atoms with van der Waals surface area (Å²) in [6.45, 7) is 2.45. The van der Waals surface area contributed by atoms with Gasteiger partial charge in [-0.15, -0.1) is 0 Å². The molecule has 5 nitrogen and oxygen atoms in total. The molecule has 5 heteroatoms. The van der Waals surface area contributed by atoms with Gasteiger partial charge in [-0.1, -0.05) is 13.0 Å². The fourth-order valence-electron chi connectivity index (χ4n) is 1.82. The molecule has 0 spiro atoms. The summed E-state index contributed by atoms with van der Waals surface area (Å²) in [5, 5.41) is 8.84. The highest BCUT2D eigenvalue weighted by atomic mass is 16.4. The van der Waals surface area contributed by atoms with Crippen molar-refractivity contribution in [3.05, 3.63) is 58.3 Å². The Hall–Kier alpha value is -2.30. The van der Waals surface area contributed by atoms with Crippen LogP contribution in [-0.2, 0) is 6.54 Å². The minimum atomic E-state index is -0.957. The second-order valence-corrected chi connectivity index (χ2v) is 4.24. The molecule has 94 valence electrons. The molecule has 0 amide bonds. The third-order valence-corrected chi connectivity index (χ3v) is 2.85. The van der Waals surface area contributed by atoms with Gasteiger partial charge in [0.15, 0.2) is 0 Å². The van der Waals surface area contributed by atoms with E-state index in [0.717, 1.165) is 5.69 Å². The van der Waals surface area contributed by atoms with Gasteiger partial charge in [0.1, 0.15) is 0 Å². The summed E-state index contributed by atoms with van der Waals surface area (Å²) in [4.78, 5) is 25.3. The molecule has 2 aromatic heterocycles. The summed E-state index contributed by atoms with van der Waals surface area (Å²) in [5.41, 5.74) is 0.981. The van der Waals surface area contributed by atoms with E-state index < -0.39 is 5.97 Å². The van der Waals surface area contributed by atoms with Crippen LogP contribution in [0, 0.1) is 0 Å². The van der Waals surface area contributed by atoms with Crippen molar-refractivity contribution in [1.29, 1.82) is 0 Å². The summed E-state index contributed by atoms with van der Waals surface area (Å²) in [7, 11) is 0. The zero-order valence-corrected chi connectivity index (χ0v) is 9.96. The lowest BCUT2D eigenvalue weighted by Crippen LogP contribution is -2.20. The Morgan fingerprint density at radius 1 is 1.50 bits per heavy atom. The van der Waals surface area contributed by atoms with Crippen molar-refractivity contribution in [2.24, 2.45) is 0 Å². The Labute approximate surface area is 104 Å². The molecular weight excluding hydrogens is 232 g/mol. The Morgan fingerprint density at radius 2 is 2.28 bits per heavy atom. The van der Waals surface area contributed by atoms with Crippen molar-refractivity contribution >= 4 is 5.97 Å². The van der Waals surface area contributed by atoms with Gasteiger partial charge in [-0.2, -0.15) is 0 Å². The predicted molar refractivity (Wildman–Crippen MR) is 66.9 cm³/mol. The van der Waals surface area contributed by atoms with Gasteiger partial charge in [0.25, 0.3) is 5.56 Å². The monoisotopic (exact) mass is 246 g/mol. The van der Waals surface area contributed by atoms with E-state index in [9.17, 15) is 9.59 Å². The predicted octanol–water partition coefficient (Wildman–Crippen LogP) is 1.68. The van der Waals surface area contributed by atoms with E-state index in [0.29, 0.717) is 6.54 Å². The van der Waals surface area contributed by atoms with Crippen LogP contribution >= 0.6 is 0 Å². The number of rotatable bonds is 4. The van der Waals surface area contributed by atoms with Gasteiger partial charge in [0.2, 0.25) is 0 Å². The first-order chi connectivity index (χ1) is 8.58. The molecule has 0 radical (unpaired) electrons. The topological polar surface area (TPSA) is 75.1 Å². The molecule has 0 aliphatic rings. The molecule has 18 heavy (non-hydrogen) atoms. The summed E-state index contributed by atoms with van der Waals surface area (Å²) in [5.74, 6) is -0.917. The van der Waals surface area contributed by atoms with Gasteiger partial charge in [-0.3, -0.25) is 4.79 Å². The third-order valence-electron chi connectivity index (χ3n) is 2.85. The largest absolute Gasteiger partial charge is 0.478 e. The van der Waals surface area contributed by atoms with Crippen LogP contribution in [0.15, 0.2) is 41.5 Å². The van der Waals surface area contributed by atoms with Crippen LogP contribution in [0.2, 0.25) is 0 Å². The third kappa shape index (κ3) is 2.51. The van der Waals surface area contributed by atoms with Crippen LogP contribution in [-0.4, -0.2) is 20.6 Å². The molecular formula is C13H14N2O3. The first-order valence-electron chi connectivity index (χ1n) is 5.65. The zero-order chi connectivity index (χ0) is 13.1. The number of carboxylic acids is 1. The van der Waals surface area contributed by atoms with Gasteiger partial charge < -0.3 is 14.7 Å². The number of carbonyl (C=O) groups is 1. The number of carboxylic acid groups (broad SMARTS) is 1. The van der Waals surface area contributed by atoms with Crippen LogP contribution in [0.25, 0.3) is 0 Å². The first kappa shape index (κ1) is 12.2. The molecule has 2 heterocycles. The zero-order valence-electron chi connectivity index (χ0n) is 9.96. The molecule has 2 rings (SSSR count). The van der Waals surface area contributed by atoms with Gasteiger partial charge >= 0.3 is 5.97 Å². The molecule has 1 atom stereocenters. The Bertz CT molecular complexity index is 612. The highest BCUT2D eigenvalue weighted by molar-refractivity contribution is 5.87. The maximum atomic E-state index is 11.6. The number of nitrogens with one attached hydrogen (secondary N) is 1. The second-order valence-electron chi connectivity index (χ2n) is 4.24. The van der Waals surface area contributed by atoms with E-state index in [4.69, 9.17) is 5.11 Å². The summed E-state index contributed by atoms with van der Waals surface area (Å²) in [6.07, 6.45) is 3.18. The van der Waals surface area contributed by atoms with Crippen molar-refractivity contribution in [3.8, 4) is 0 Å². The molecule has 0 aliphatic carbocycles. The van der Waals surface area contributed by atoms with Crippen molar-refractivity contribution in [1.82, 2.24) is 9.55 Å². The highest BCUT2D eigenvalue weighted by Crippen LogP contribution is 2.16. The second kappa shape index (κ2) is 4.91. The van der Waals surface area contributed by atoms with Crippen LogP contribution < -0.4 is 5.56 Å². The van der Waals surface area contributed by atoms with E-state index in [1.165, 1.54) is 12.3 Å². The average molecular weight is 246 g/mol.